The molecule has 4 nitrogen and oxygen atoms in total. The molecule has 0 bridgehead atoms. The molecule has 0 aromatic heterocycles. The molecular weight excluding hydrogens is 228 g/mol. The van der Waals surface area contributed by atoms with Crippen molar-refractivity contribution in [2.75, 3.05) is 18.8 Å². The highest BCUT2D eigenvalue weighted by atomic mass is 16.3. The number of aliphatic hydroxyl groups excluding tert-OH is 1. The normalized spacial score (nSPS) is 30.5. The van der Waals surface area contributed by atoms with Gasteiger partial charge in [0.15, 0.2) is 0 Å². The van der Waals surface area contributed by atoms with Gasteiger partial charge in [-0.3, -0.25) is 4.79 Å². The van der Waals surface area contributed by atoms with Crippen LogP contribution in [-0.4, -0.2) is 35.1 Å². The molecule has 2 aliphatic rings. The van der Waals surface area contributed by atoms with Crippen molar-refractivity contribution in [3.63, 3.8) is 0 Å². The van der Waals surface area contributed by atoms with Gasteiger partial charge in [0.2, 0.25) is 0 Å². The second kappa shape index (κ2) is 4.28. The quantitative estimate of drug-likeness (QED) is 0.729. The van der Waals surface area contributed by atoms with Crippen LogP contribution in [0.15, 0.2) is 24.3 Å². The Balaban J connectivity index is 1.75. The second-order valence-corrected chi connectivity index (χ2v) is 5.40. The minimum absolute atomic E-state index is 0.0314. The molecule has 1 aliphatic heterocycles. The van der Waals surface area contributed by atoms with Crippen LogP contribution < -0.4 is 5.73 Å². The summed E-state index contributed by atoms with van der Waals surface area (Å²) in [7, 11) is 0. The summed E-state index contributed by atoms with van der Waals surface area (Å²) in [6.45, 7) is 1.45. The smallest absolute Gasteiger partial charge is 0.253 e. The van der Waals surface area contributed by atoms with Gasteiger partial charge in [0, 0.05) is 30.3 Å². The van der Waals surface area contributed by atoms with E-state index in [0.717, 1.165) is 19.4 Å². The maximum atomic E-state index is 12.3. The standard InChI is InChI=1S/C14H18N2O2/c15-11-3-1-2-9(6-11)14(18)16-7-10-4-5-13(17)12(10)8-16/h1-3,6,10,12-13,17H,4-5,7-8,15H2. The third-order valence-corrected chi connectivity index (χ3v) is 4.24. The number of nitrogens with two attached hydrogens (primary N) is 1. The molecule has 0 radical (unpaired) electrons. The lowest BCUT2D eigenvalue weighted by molar-refractivity contribution is 0.0752. The van der Waals surface area contributed by atoms with Crippen molar-refractivity contribution in [2.45, 2.75) is 18.9 Å². The third kappa shape index (κ3) is 1.86. The number of rotatable bonds is 1. The van der Waals surface area contributed by atoms with Gasteiger partial charge in [0.05, 0.1) is 6.10 Å². The van der Waals surface area contributed by atoms with Crippen molar-refractivity contribution in [3.8, 4) is 0 Å². The van der Waals surface area contributed by atoms with E-state index in [0.29, 0.717) is 23.7 Å². The van der Waals surface area contributed by atoms with Crippen molar-refractivity contribution in [1.29, 1.82) is 0 Å². The zero-order valence-electron chi connectivity index (χ0n) is 10.2. The molecule has 1 heterocycles. The van der Waals surface area contributed by atoms with Gasteiger partial charge < -0.3 is 15.7 Å². The van der Waals surface area contributed by atoms with Gasteiger partial charge in [0.25, 0.3) is 5.91 Å². The number of carbonyl (C=O) groups is 1. The first-order chi connectivity index (χ1) is 8.65. The minimum Gasteiger partial charge on any atom is -0.399 e. The van der Waals surface area contributed by atoms with Crippen LogP contribution in [0.1, 0.15) is 23.2 Å². The molecular formula is C14H18N2O2. The van der Waals surface area contributed by atoms with Crippen LogP contribution in [0, 0.1) is 11.8 Å². The molecule has 2 fully saturated rings. The molecule has 3 unspecified atom stereocenters. The Labute approximate surface area is 106 Å². The van der Waals surface area contributed by atoms with Gasteiger partial charge in [-0.05, 0) is 37.0 Å². The zero-order chi connectivity index (χ0) is 12.7. The van der Waals surface area contributed by atoms with Crippen LogP contribution in [0.3, 0.4) is 0 Å². The van der Waals surface area contributed by atoms with Crippen LogP contribution in [0.5, 0.6) is 0 Å². The lowest BCUT2D eigenvalue weighted by atomic mass is 10.00. The van der Waals surface area contributed by atoms with Gasteiger partial charge in [0.1, 0.15) is 0 Å². The summed E-state index contributed by atoms with van der Waals surface area (Å²) in [4.78, 5) is 14.2. The lowest BCUT2D eigenvalue weighted by Crippen LogP contribution is -2.31. The predicted octanol–water partition coefficient (Wildman–Crippen LogP) is 1.11. The summed E-state index contributed by atoms with van der Waals surface area (Å²) in [5, 5.41) is 9.86. The average molecular weight is 246 g/mol. The summed E-state index contributed by atoms with van der Waals surface area (Å²) in [6, 6.07) is 7.09. The number of nitrogen functional groups attached to an aromatic ring is 1. The highest BCUT2D eigenvalue weighted by molar-refractivity contribution is 5.95. The van der Waals surface area contributed by atoms with Crippen molar-refractivity contribution in [1.82, 2.24) is 4.90 Å². The molecule has 18 heavy (non-hydrogen) atoms. The highest BCUT2D eigenvalue weighted by Gasteiger charge is 2.43. The Hall–Kier alpha value is -1.55. The molecule has 96 valence electrons. The minimum atomic E-state index is -0.228. The molecule has 1 aliphatic carbocycles. The Kier molecular flexibility index (Phi) is 2.74. The number of anilines is 1. The third-order valence-electron chi connectivity index (χ3n) is 4.24. The van der Waals surface area contributed by atoms with Crippen molar-refractivity contribution in [3.05, 3.63) is 29.8 Å². The number of carbonyl (C=O) groups excluding carboxylic acids is 1. The average Bonchev–Trinajstić information content (AvgIpc) is 2.91. The summed E-state index contributed by atoms with van der Waals surface area (Å²) >= 11 is 0. The van der Waals surface area contributed by atoms with Crippen LogP contribution >= 0.6 is 0 Å². The first-order valence-electron chi connectivity index (χ1n) is 6.48. The molecule has 1 saturated carbocycles. The summed E-state index contributed by atoms with van der Waals surface area (Å²) < 4.78 is 0. The van der Waals surface area contributed by atoms with Crippen LogP contribution in [0.25, 0.3) is 0 Å². The van der Waals surface area contributed by atoms with E-state index < -0.39 is 0 Å². The molecule has 0 spiro atoms. The molecule has 1 amide bonds. The van der Waals surface area contributed by atoms with E-state index >= 15 is 0 Å². The summed E-state index contributed by atoms with van der Waals surface area (Å²) in [6.07, 6.45) is 1.69. The van der Waals surface area contributed by atoms with Crippen molar-refractivity contribution >= 4 is 11.6 Å². The number of hydrogen-bond acceptors (Lipinski definition) is 3. The maximum Gasteiger partial charge on any atom is 0.253 e. The lowest BCUT2D eigenvalue weighted by Gasteiger charge is -2.18. The van der Waals surface area contributed by atoms with Gasteiger partial charge in [-0.15, -0.1) is 0 Å². The Morgan fingerprint density at radius 1 is 1.33 bits per heavy atom. The monoisotopic (exact) mass is 246 g/mol. The topological polar surface area (TPSA) is 66.6 Å². The van der Waals surface area contributed by atoms with Crippen molar-refractivity contribution in [2.24, 2.45) is 11.8 Å². The fourth-order valence-electron chi connectivity index (χ4n) is 3.26. The van der Waals surface area contributed by atoms with Gasteiger partial charge in [-0.25, -0.2) is 0 Å². The number of benzene rings is 1. The van der Waals surface area contributed by atoms with E-state index in [9.17, 15) is 9.90 Å². The highest BCUT2D eigenvalue weighted by Crippen LogP contribution is 2.38. The summed E-state index contributed by atoms with van der Waals surface area (Å²) in [5.41, 5.74) is 6.95. The van der Waals surface area contributed by atoms with Gasteiger partial charge >= 0.3 is 0 Å². The molecule has 3 atom stereocenters. The molecule has 3 rings (SSSR count). The van der Waals surface area contributed by atoms with E-state index in [1.165, 1.54) is 0 Å². The Bertz CT molecular complexity index is 475. The maximum absolute atomic E-state index is 12.3. The van der Waals surface area contributed by atoms with E-state index in [2.05, 4.69) is 0 Å². The number of hydrogen-bond donors (Lipinski definition) is 2. The first-order valence-corrected chi connectivity index (χ1v) is 6.48. The molecule has 1 aromatic rings. The predicted molar refractivity (Wildman–Crippen MR) is 69.0 cm³/mol. The molecule has 1 aromatic carbocycles. The van der Waals surface area contributed by atoms with Crippen LogP contribution in [0.2, 0.25) is 0 Å². The largest absolute Gasteiger partial charge is 0.399 e. The van der Waals surface area contributed by atoms with E-state index in [-0.39, 0.29) is 17.9 Å². The Morgan fingerprint density at radius 3 is 2.89 bits per heavy atom. The fourth-order valence-corrected chi connectivity index (χ4v) is 3.26. The van der Waals surface area contributed by atoms with Crippen LogP contribution in [-0.2, 0) is 0 Å². The SMILES string of the molecule is Nc1cccc(C(=O)N2CC3CCC(O)C3C2)c1. The number of amides is 1. The number of nitrogens with zero attached hydrogens (tertiary/aromatic N) is 1. The molecule has 3 N–H and O–H groups in total. The number of fused-ring (bicyclic) bond motifs is 1. The van der Waals surface area contributed by atoms with Gasteiger partial charge in [-0.1, -0.05) is 6.07 Å². The zero-order valence-corrected chi connectivity index (χ0v) is 10.2. The number of likely N-dealkylation sites (tertiary alicyclic amines) is 1. The van der Waals surface area contributed by atoms with E-state index in [1.807, 2.05) is 4.90 Å². The Morgan fingerprint density at radius 2 is 2.17 bits per heavy atom. The second-order valence-electron chi connectivity index (χ2n) is 5.40. The van der Waals surface area contributed by atoms with Gasteiger partial charge in [-0.2, -0.15) is 0 Å². The van der Waals surface area contributed by atoms with E-state index in [1.54, 1.807) is 24.3 Å². The fraction of sp³-hybridized carbons (Fsp3) is 0.500. The molecule has 1 saturated heterocycles. The van der Waals surface area contributed by atoms with Crippen LogP contribution in [0.4, 0.5) is 5.69 Å². The van der Waals surface area contributed by atoms with Crippen molar-refractivity contribution < 1.29 is 9.90 Å². The van der Waals surface area contributed by atoms with E-state index in [4.69, 9.17) is 5.73 Å². The summed E-state index contributed by atoms with van der Waals surface area (Å²) in [5.74, 6) is 0.781. The molecule has 4 heteroatoms. The first kappa shape index (κ1) is 11.5. The number of aliphatic hydroxyl groups is 1.